The lowest BCUT2D eigenvalue weighted by atomic mass is 10.3. The molecule has 0 radical (unpaired) electrons. The molecule has 6 heteroatoms. The molecule has 1 heterocycles. The fourth-order valence-electron chi connectivity index (χ4n) is 0.943. The first kappa shape index (κ1) is 11.2. The molecule has 0 spiro atoms. The zero-order valence-corrected chi connectivity index (χ0v) is 8.67. The van der Waals surface area contributed by atoms with Crippen LogP contribution in [0, 0.1) is 0 Å². The van der Waals surface area contributed by atoms with Crippen LogP contribution in [0.15, 0.2) is 12.2 Å². The topological polar surface area (TPSA) is 69.7 Å². The zero-order valence-electron chi connectivity index (χ0n) is 7.86. The Bertz CT molecular complexity index is 329. The summed E-state index contributed by atoms with van der Waals surface area (Å²) in [5.74, 6) is -0.626. The Kier molecular flexibility index (Phi) is 3.28. The predicted octanol–water partition coefficient (Wildman–Crippen LogP) is 0.224. The SMILES string of the molecule is C=C(C)C(=O)OC1CCS(=O)(=O)OC1. The molecule has 1 atom stereocenters. The maximum Gasteiger partial charge on any atom is 0.333 e. The molecule has 1 aliphatic rings. The first-order chi connectivity index (χ1) is 6.41. The van der Waals surface area contributed by atoms with Crippen molar-refractivity contribution in [2.45, 2.75) is 19.4 Å². The summed E-state index contributed by atoms with van der Waals surface area (Å²) in [6, 6.07) is 0. The van der Waals surface area contributed by atoms with Gasteiger partial charge in [-0.1, -0.05) is 6.58 Å². The van der Waals surface area contributed by atoms with E-state index in [9.17, 15) is 13.2 Å². The molecule has 0 bridgehead atoms. The van der Waals surface area contributed by atoms with E-state index in [-0.39, 0.29) is 18.8 Å². The van der Waals surface area contributed by atoms with E-state index < -0.39 is 22.2 Å². The third kappa shape index (κ3) is 3.12. The van der Waals surface area contributed by atoms with Crippen molar-refractivity contribution in [3.8, 4) is 0 Å². The van der Waals surface area contributed by atoms with Crippen molar-refractivity contribution in [2.24, 2.45) is 0 Å². The standard InChI is InChI=1S/C8H12O5S/c1-6(2)8(9)13-7-3-4-14(10,11)12-5-7/h7H,1,3-5H2,2H3. The van der Waals surface area contributed by atoms with Crippen molar-refractivity contribution in [3.63, 3.8) is 0 Å². The summed E-state index contributed by atoms with van der Waals surface area (Å²) in [6.07, 6.45) is -0.204. The lowest BCUT2D eigenvalue weighted by Gasteiger charge is -2.21. The number of esters is 1. The Hall–Kier alpha value is -0.880. The molecule has 0 amide bonds. The predicted molar refractivity (Wildman–Crippen MR) is 49.0 cm³/mol. The number of carbonyl (C=O) groups excluding carboxylic acids is 1. The molecular weight excluding hydrogens is 208 g/mol. The highest BCUT2D eigenvalue weighted by Crippen LogP contribution is 2.13. The third-order valence-electron chi connectivity index (χ3n) is 1.75. The fourth-order valence-corrected chi connectivity index (χ4v) is 1.97. The number of carbonyl (C=O) groups is 1. The van der Waals surface area contributed by atoms with Crippen LogP contribution in [0.25, 0.3) is 0 Å². The maximum absolute atomic E-state index is 11.0. The van der Waals surface area contributed by atoms with Gasteiger partial charge in [0.25, 0.3) is 10.1 Å². The minimum Gasteiger partial charge on any atom is -0.456 e. The smallest absolute Gasteiger partial charge is 0.333 e. The monoisotopic (exact) mass is 220 g/mol. The normalized spacial score (nSPS) is 25.4. The van der Waals surface area contributed by atoms with E-state index in [4.69, 9.17) is 4.74 Å². The Morgan fingerprint density at radius 1 is 1.57 bits per heavy atom. The van der Waals surface area contributed by atoms with Crippen LogP contribution in [0.5, 0.6) is 0 Å². The second-order valence-electron chi connectivity index (χ2n) is 3.14. The molecule has 80 valence electrons. The minimum absolute atomic E-state index is 0.0959. The molecule has 1 aliphatic heterocycles. The zero-order chi connectivity index (χ0) is 10.8. The van der Waals surface area contributed by atoms with Gasteiger partial charge in [0.15, 0.2) is 0 Å². The lowest BCUT2D eigenvalue weighted by Crippen LogP contribution is -2.33. The molecule has 14 heavy (non-hydrogen) atoms. The van der Waals surface area contributed by atoms with Crippen molar-refractivity contribution in [1.29, 1.82) is 0 Å². The molecule has 0 aliphatic carbocycles. The summed E-state index contributed by atoms with van der Waals surface area (Å²) < 4.78 is 31.1. The van der Waals surface area contributed by atoms with Gasteiger partial charge in [-0.15, -0.1) is 0 Å². The van der Waals surface area contributed by atoms with Gasteiger partial charge in [0.05, 0.1) is 5.75 Å². The summed E-state index contributed by atoms with van der Waals surface area (Å²) in [5.41, 5.74) is 0.290. The second kappa shape index (κ2) is 4.10. The second-order valence-corrected chi connectivity index (χ2v) is 4.90. The highest BCUT2D eigenvalue weighted by atomic mass is 32.2. The third-order valence-corrected chi connectivity index (χ3v) is 2.98. The van der Waals surface area contributed by atoms with Crippen LogP contribution in [-0.4, -0.2) is 32.9 Å². The summed E-state index contributed by atoms with van der Waals surface area (Å²) in [5, 5.41) is 0. The first-order valence-corrected chi connectivity index (χ1v) is 5.72. The Labute approximate surface area is 82.8 Å². The van der Waals surface area contributed by atoms with Gasteiger partial charge in [0.2, 0.25) is 0 Å². The van der Waals surface area contributed by atoms with E-state index in [1.807, 2.05) is 0 Å². The Morgan fingerprint density at radius 3 is 2.64 bits per heavy atom. The highest BCUT2D eigenvalue weighted by molar-refractivity contribution is 7.86. The average Bonchev–Trinajstić information content (AvgIpc) is 2.08. The molecular formula is C8H12O5S. The minimum atomic E-state index is -3.39. The maximum atomic E-state index is 11.0. The van der Waals surface area contributed by atoms with Crippen LogP contribution in [-0.2, 0) is 23.8 Å². The van der Waals surface area contributed by atoms with Crippen molar-refractivity contribution in [2.75, 3.05) is 12.4 Å². The van der Waals surface area contributed by atoms with Crippen LogP contribution in [0.1, 0.15) is 13.3 Å². The van der Waals surface area contributed by atoms with Gasteiger partial charge in [-0.2, -0.15) is 8.42 Å². The summed E-state index contributed by atoms with van der Waals surface area (Å²) in [6.45, 7) is 4.85. The van der Waals surface area contributed by atoms with Crippen LogP contribution in [0.3, 0.4) is 0 Å². The van der Waals surface area contributed by atoms with E-state index >= 15 is 0 Å². The molecule has 0 aromatic rings. The van der Waals surface area contributed by atoms with E-state index in [0.717, 1.165) is 0 Å². The van der Waals surface area contributed by atoms with E-state index in [1.165, 1.54) is 6.92 Å². The van der Waals surface area contributed by atoms with Gasteiger partial charge in [0.1, 0.15) is 12.7 Å². The highest BCUT2D eigenvalue weighted by Gasteiger charge is 2.26. The largest absolute Gasteiger partial charge is 0.456 e. The molecule has 1 rings (SSSR count). The molecule has 0 aromatic heterocycles. The number of ether oxygens (including phenoxy) is 1. The van der Waals surface area contributed by atoms with Crippen LogP contribution in [0.2, 0.25) is 0 Å². The van der Waals surface area contributed by atoms with Crippen molar-refractivity contribution in [1.82, 2.24) is 0 Å². The van der Waals surface area contributed by atoms with E-state index in [0.29, 0.717) is 5.57 Å². The summed E-state index contributed by atoms with van der Waals surface area (Å²) >= 11 is 0. The first-order valence-electron chi connectivity index (χ1n) is 4.14. The molecule has 0 N–H and O–H groups in total. The van der Waals surface area contributed by atoms with Gasteiger partial charge >= 0.3 is 5.97 Å². The molecule has 0 aromatic carbocycles. The van der Waals surface area contributed by atoms with Gasteiger partial charge < -0.3 is 4.74 Å². The van der Waals surface area contributed by atoms with Crippen molar-refractivity contribution >= 4 is 16.1 Å². The van der Waals surface area contributed by atoms with Crippen molar-refractivity contribution < 1.29 is 22.1 Å². The Balaban J connectivity index is 2.44. The van der Waals surface area contributed by atoms with Gasteiger partial charge in [-0.25, -0.2) is 4.79 Å². The van der Waals surface area contributed by atoms with E-state index in [2.05, 4.69) is 10.8 Å². The lowest BCUT2D eigenvalue weighted by molar-refractivity contribution is -0.146. The quantitative estimate of drug-likeness (QED) is 0.378. The van der Waals surface area contributed by atoms with Gasteiger partial charge in [-0.05, 0) is 6.92 Å². The number of rotatable bonds is 2. The van der Waals surface area contributed by atoms with Crippen LogP contribution in [0.4, 0.5) is 0 Å². The number of hydrogen-bond acceptors (Lipinski definition) is 5. The van der Waals surface area contributed by atoms with Crippen LogP contribution >= 0.6 is 0 Å². The van der Waals surface area contributed by atoms with Crippen LogP contribution < -0.4 is 0 Å². The Morgan fingerprint density at radius 2 is 2.21 bits per heavy atom. The molecule has 1 saturated heterocycles. The molecule has 1 fully saturated rings. The molecule has 1 unspecified atom stereocenters. The average molecular weight is 220 g/mol. The summed E-state index contributed by atoms with van der Waals surface area (Å²) in [7, 11) is -3.39. The number of hydrogen-bond donors (Lipinski definition) is 0. The fraction of sp³-hybridized carbons (Fsp3) is 0.625. The molecule has 0 saturated carbocycles. The van der Waals surface area contributed by atoms with Crippen molar-refractivity contribution in [3.05, 3.63) is 12.2 Å². The van der Waals surface area contributed by atoms with Gasteiger partial charge in [0, 0.05) is 12.0 Å². The molecule has 5 nitrogen and oxygen atoms in total. The van der Waals surface area contributed by atoms with E-state index in [1.54, 1.807) is 0 Å². The van der Waals surface area contributed by atoms with Gasteiger partial charge in [-0.3, -0.25) is 4.18 Å². The summed E-state index contributed by atoms with van der Waals surface area (Å²) in [4.78, 5) is 11.0.